The lowest BCUT2D eigenvalue weighted by molar-refractivity contribution is -0.142. The zero-order valence-electron chi connectivity index (χ0n) is 10.1. The maximum atomic E-state index is 12.9. The van der Waals surface area contributed by atoms with Gasteiger partial charge in [0.1, 0.15) is 0 Å². The summed E-state index contributed by atoms with van der Waals surface area (Å²) in [5, 5.41) is 3.66. The molecule has 0 saturated heterocycles. The van der Waals surface area contributed by atoms with Crippen LogP contribution in [0.4, 0.5) is 13.2 Å². The molecule has 1 aromatic carbocycles. The van der Waals surface area contributed by atoms with Crippen LogP contribution in [0.3, 0.4) is 0 Å². The minimum Gasteiger partial charge on any atom is -0.240 e. The predicted molar refractivity (Wildman–Crippen MR) is 62.7 cm³/mol. The summed E-state index contributed by atoms with van der Waals surface area (Å²) in [6.45, 7) is 3.45. The number of hydrogen-bond acceptors (Lipinski definition) is 1. The van der Waals surface area contributed by atoms with Crippen molar-refractivity contribution in [2.45, 2.75) is 25.9 Å². The van der Waals surface area contributed by atoms with Gasteiger partial charge in [0.25, 0.3) is 0 Å². The summed E-state index contributed by atoms with van der Waals surface area (Å²) in [5.41, 5.74) is 0.0302. The lowest BCUT2D eigenvalue weighted by Crippen LogP contribution is -2.10. The SMILES string of the molecule is CC(C)c1cn(-c2ccccc2)nc1C(F)(F)F. The van der Waals surface area contributed by atoms with Crippen molar-refractivity contribution in [2.24, 2.45) is 0 Å². The minimum absolute atomic E-state index is 0.214. The normalized spacial score (nSPS) is 12.1. The van der Waals surface area contributed by atoms with Gasteiger partial charge in [-0.05, 0) is 18.1 Å². The summed E-state index contributed by atoms with van der Waals surface area (Å²) in [6.07, 6.45) is -2.97. The van der Waals surface area contributed by atoms with E-state index in [9.17, 15) is 13.2 Å². The quantitative estimate of drug-likeness (QED) is 0.791. The van der Waals surface area contributed by atoms with Crippen LogP contribution in [-0.4, -0.2) is 9.78 Å². The van der Waals surface area contributed by atoms with Crippen molar-refractivity contribution in [2.75, 3.05) is 0 Å². The summed E-state index contributed by atoms with van der Waals surface area (Å²) in [7, 11) is 0. The number of alkyl halides is 3. The third-order valence-electron chi connectivity index (χ3n) is 2.65. The van der Waals surface area contributed by atoms with Crippen LogP contribution in [0.25, 0.3) is 5.69 Å². The number of benzene rings is 1. The number of hydrogen-bond donors (Lipinski definition) is 0. The zero-order chi connectivity index (χ0) is 13.3. The van der Waals surface area contributed by atoms with Crippen LogP contribution in [0.1, 0.15) is 31.0 Å². The average molecular weight is 254 g/mol. The van der Waals surface area contributed by atoms with Crippen LogP contribution in [0, 0.1) is 0 Å². The van der Waals surface area contributed by atoms with Gasteiger partial charge in [-0.2, -0.15) is 18.3 Å². The molecule has 2 nitrogen and oxygen atoms in total. The van der Waals surface area contributed by atoms with Crippen molar-refractivity contribution in [1.82, 2.24) is 9.78 Å². The van der Waals surface area contributed by atoms with Crippen LogP contribution < -0.4 is 0 Å². The molecule has 96 valence electrons. The Hall–Kier alpha value is -1.78. The first kappa shape index (κ1) is 12.7. The Kier molecular flexibility index (Phi) is 3.15. The van der Waals surface area contributed by atoms with Crippen LogP contribution in [0.15, 0.2) is 36.5 Å². The first-order valence-electron chi connectivity index (χ1n) is 5.62. The van der Waals surface area contributed by atoms with Gasteiger partial charge in [-0.15, -0.1) is 0 Å². The molecule has 1 heterocycles. The van der Waals surface area contributed by atoms with Gasteiger partial charge in [0.2, 0.25) is 0 Å². The molecule has 2 aromatic rings. The Bertz CT molecular complexity index is 527. The van der Waals surface area contributed by atoms with Crippen molar-refractivity contribution >= 4 is 0 Å². The van der Waals surface area contributed by atoms with E-state index < -0.39 is 11.9 Å². The van der Waals surface area contributed by atoms with Gasteiger partial charge >= 0.3 is 6.18 Å². The van der Waals surface area contributed by atoms with Gasteiger partial charge in [-0.1, -0.05) is 32.0 Å². The molecule has 5 heteroatoms. The number of halogens is 3. The largest absolute Gasteiger partial charge is 0.435 e. The van der Waals surface area contributed by atoms with Crippen molar-refractivity contribution < 1.29 is 13.2 Å². The lowest BCUT2D eigenvalue weighted by atomic mass is 10.0. The highest BCUT2D eigenvalue weighted by molar-refractivity contribution is 5.34. The van der Waals surface area contributed by atoms with Gasteiger partial charge in [-0.25, -0.2) is 4.68 Å². The highest BCUT2D eigenvalue weighted by Crippen LogP contribution is 2.34. The van der Waals surface area contributed by atoms with E-state index in [1.165, 1.54) is 10.9 Å². The fourth-order valence-corrected chi connectivity index (χ4v) is 1.74. The number of para-hydroxylation sites is 1. The first-order chi connectivity index (χ1) is 8.39. The third kappa shape index (κ3) is 2.39. The van der Waals surface area contributed by atoms with Gasteiger partial charge in [0.05, 0.1) is 5.69 Å². The molecule has 0 aliphatic rings. The van der Waals surface area contributed by atoms with Gasteiger partial charge in [0, 0.05) is 11.8 Å². The number of aromatic nitrogens is 2. The molecule has 0 N–H and O–H groups in total. The Morgan fingerprint density at radius 3 is 2.17 bits per heavy atom. The second kappa shape index (κ2) is 4.48. The van der Waals surface area contributed by atoms with Crippen molar-refractivity contribution in [3.05, 3.63) is 47.8 Å². The molecule has 2 rings (SSSR count). The highest BCUT2D eigenvalue weighted by atomic mass is 19.4. The third-order valence-corrected chi connectivity index (χ3v) is 2.65. The maximum Gasteiger partial charge on any atom is 0.435 e. The Balaban J connectivity index is 2.53. The molecular weight excluding hydrogens is 241 g/mol. The molecule has 0 atom stereocenters. The van der Waals surface area contributed by atoms with Crippen LogP contribution in [0.5, 0.6) is 0 Å². The number of nitrogens with zero attached hydrogens (tertiary/aromatic N) is 2. The molecule has 18 heavy (non-hydrogen) atoms. The molecule has 0 aliphatic heterocycles. The fraction of sp³-hybridized carbons (Fsp3) is 0.308. The monoisotopic (exact) mass is 254 g/mol. The minimum atomic E-state index is -4.42. The van der Waals surface area contributed by atoms with Crippen LogP contribution in [0.2, 0.25) is 0 Å². The molecule has 0 fully saturated rings. The topological polar surface area (TPSA) is 17.8 Å². The Labute approximate surface area is 103 Å². The van der Waals surface area contributed by atoms with E-state index in [0.717, 1.165) is 0 Å². The molecule has 0 aliphatic carbocycles. The second-order valence-electron chi connectivity index (χ2n) is 4.37. The fourth-order valence-electron chi connectivity index (χ4n) is 1.74. The van der Waals surface area contributed by atoms with E-state index in [1.807, 2.05) is 0 Å². The van der Waals surface area contributed by atoms with E-state index in [-0.39, 0.29) is 11.5 Å². The van der Waals surface area contributed by atoms with E-state index >= 15 is 0 Å². The van der Waals surface area contributed by atoms with Crippen LogP contribution >= 0.6 is 0 Å². The van der Waals surface area contributed by atoms with Gasteiger partial charge in [0.15, 0.2) is 5.69 Å². The van der Waals surface area contributed by atoms with E-state index in [2.05, 4.69) is 5.10 Å². The average Bonchev–Trinajstić information content (AvgIpc) is 2.74. The summed E-state index contributed by atoms with van der Waals surface area (Å²) in [5.74, 6) is -0.223. The summed E-state index contributed by atoms with van der Waals surface area (Å²) >= 11 is 0. The Morgan fingerprint density at radius 1 is 1.11 bits per heavy atom. The highest BCUT2D eigenvalue weighted by Gasteiger charge is 2.37. The summed E-state index contributed by atoms with van der Waals surface area (Å²) in [4.78, 5) is 0. The summed E-state index contributed by atoms with van der Waals surface area (Å²) < 4.78 is 39.9. The number of rotatable bonds is 2. The lowest BCUT2D eigenvalue weighted by Gasteiger charge is -2.07. The zero-order valence-corrected chi connectivity index (χ0v) is 10.1. The Morgan fingerprint density at radius 2 is 1.72 bits per heavy atom. The van der Waals surface area contributed by atoms with Gasteiger partial charge in [-0.3, -0.25) is 0 Å². The molecule has 0 radical (unpaired) electrons. The van der Waals surface area contributed by atoms with E-state index in [0.29, 0.717) is 5.69 Å². The van der Waals surface area contributed by atoms with E-state index in [1.54, 1.807) is 44.2 Å². The van der Waals surface area contributed by atoms with Gasteiger partial charge < -0.3 is 0 Å². The molecule has 0 unspecified atom stereocenters. The standard InChI is InChI=1S/C13H13F3N2/c1-9(2)11-8-18(10-6-4-3-5-7-10)17-12(11)13(14,15)16/h3-9H,1-2H3. The molecule has 0 amide bonds. The second-order valence-corrected chi connectivity index (χ2v) is 4.37. The molecular formula is C13H13F3N2. The van der Waals surface area contributed by atoms with Crippen molar-refractivity contribution in [1.29, 1.82) is 0 Å². The smallest absolute Gasteiger partial charge is 0.240 e. The van der Waals surface area contributed by atoms with E-state index in [4.69, 9.17) is 0 Å². The van der Waals surface area contributed by atoms with Crippen molar-refractivity contribution in [3.63, 3.8) is 0 Å². The van der Waals surface area contributed by atoms with Crippen LogP contribution in [-0.2, 0) is 6.18 Å². The first-order valence-corrected chi connectivity index (χ1v) is 5.62. The van der Waals surface area contributed by atoms with Crippen molar-refractivity contribution in [3.8, 4) is 5.69 Å². The molecule has 0 bridgehead atoms. The molecule has 0 spiro atoms. The summed E-state index contributed by atoms with van der Waals surface area (Å²) in [6, 6.07) is 8.77. The molecule has 1 aromatic heterocycles. The predicted octanol–water partition coefficient (Wildman–Crippen LogP) is 4.01. The molecule has 0 saturated carbocycles. The maximum absolute atomic E-state index is 12.9.